The Balaban J connectivity index is 2.90. The summed E-state index contributed by atoms with van der Waals surface area (Å²) in [6.07, 6.45) is 0. The SMILES string of the molecule is CCOCCN(C)c1c(C)cccc1C(=O)O. The Morgan fingerprint density at radius 1 is 1.47 bits per heavy atom. The van der Waals surface area contributed by atoms with E-state index in [4.69, 9.17) is 9.84 Å². The molecule has 0 unspecified atom stereocenters. The van der Waals surface area contributed by atoms with Crippen molar-refractivity contribution in [3.8, 4) is 0 Å². The number of ether oxygens (including phenoxy) is 1. The lowest BCUT2D eigenvalue weighted by atomic mass is 10.1. The van der Waals surface area contributed by atoms with Crippen molar-refractivity contribution in [3.05, 3.63) is 29.3 Å². The number of hydrogen-bond donors (Lipinski definition) is 1. The number of para-hydroxylation sites is 1. The summed E-state index contributed by atoms with van der Waals surface area (Å²) in [5.41, 5.74) is 2.06. The highest BCUT2D eigenvalue weighted by atomic mass is 16.5. The number of anilines is 1. The van der Waals surface area contributed by atoms with E-state index in [-0.39, 0.29) is 0 Å². The highest BCUT2D eigenvalue weighted by Crippen LogP contribution is 2.23. The Morgan fingerprint density at radius 2 is 2.18 bits per heavy atom. The monoisotopic (exact) mass is 237 g/mol. The van der Waals surface area contributed by atoms with Gasteiger partial charge in [-0.1, -0.05) is 12.1 Å². The second-order valence-electron chi connectivity index (χ2n) is 3.89. The number of nitrogens with zero attached hydrogens (tertiary/aromatic N) is 1. The van der Waals surface area contributed by atoms with Crippen LogP contribution in [0.5, 0.6) is 0 Å². The van der Waals surface area contributed by atoms with Gasteiger partial charge in [0.05, 0.1) is 17.9 Å². The first kappa shape index (κ1) is 13.5. The molecule has 0 radical (unpaired) electrons. The molecule has 1 aromatic rings. The van der Waals surface area contributed by atoms with Crippen molar-refractivity contribution in [1.82, 2.24) is 0 Å². The van der Waals surface area contributed by atoms with E-state index in [1.54, 1.807) is 12.1 Å². The van der Waals surface area contributed by atoms with Crippen LogP contribution in [0.2, 0.25) is 0 Å². The topological polar surface area (TPSA) is 49.8 Å². The standard InChI is InChI=1S/C13H19NO3/c1-4-17-9-8-14(3)12-10(2)6-5-7-11(12)13(15)16/h5-7H,4,8-9H2,1-3H3,(H,15,16). The van der Waals surface area contributed by atoms with Gasteiger partial charge in [-0.3, -0.25) is 0 Å². The number of benzene rings is 1. The fourth-order valence-electron chi connectivity index (χ4n) is 1.80. The van der Waals surface area contributed by atoms with E-state index < -0.39 is 5.97 Å². The van der Waals surface area contributed by atoms with Gasteiger partial charge in [-0.15, -0.1) is 0 Å². The highest BCUT2D eigenvalue weighted by molar-refractivity contribution is 5.95. The van der Waals surface area contributed by atoms with E-state index in [1.165, 1.54) is 0 Å². The first-order valence-corrected chi connectivity index (χ1v) is 5.69. The van der Waals surface area contributed by atoms with Crippen LogP contribution in [0, 0.1) is 6.92 Å². The van der Waals surface area contributed by atoms with Gasteiger partial charge in [0.1, 0.15) is 0 Å². The molecule has 0 saturated carbocycles. The zero-order chi connectivity index (χ0) is 12.8. The molecule has 0 aliphatic carbocycles. The average molecular weight is 237 g/mol. The second kappa shape index (κ2) is 6.25. The Labute approximate surface area is 102 Å². The molecule has 0 spiro atoms. The van der Waals surface area contributed by atoms with Gasteiger partial charge in [-0.2, -0.15) is 0 Å². The van der Waals surface area contributed by atoms with Crippen molar-refractivity contribution in [2.45, 2.75) is 13.8 Å². The minimum absolute atomic E-state index is 0.337. The quantitative estimate of drug-likeness (QED) is 0.770. The molecule has 0 aliphatic rings. The van der Waals surface area contributed by atoms with E-state index in [0.29, 0.717) is 25.3 Å². The minimum Gasteiger partial charge on any atom is -0.478 e. The van der Waals surface area contributed by atoms with Crippen molar-refractivity contribution in [1.29, 1.82) is 0 Å². The molecule has 0 aromatic heterocycles. The normalized spacial score (nSPS) is 10.3. The lowest BCUT2D eigenvalue weighted by molar-refractivity contribution is 0.0697. The molecule has 0 saturated heterocycles. The summed E-state index contributed by atoms with van der Waals surface area (Å²) in [5.74, 6) is -0.896. The smallest absolute Gasteiger partial charge is 0.337 e. The number of carboxylic acid groups (broad SMARTS) is 1. The van der Waals surface area contributed by atoms with Crippen molar-refractivity contribution in [2.75, 3.05) is 31.7 Å². The molecule has 1 aromatic carbocycles. The van der Waals surface area contributed by atoms with Gasteiger partial charge in [-0.05, 0) is 25.5 Å². The second-order valence-corrected chi connectivity index (χ2v) is 3.89. The lowest BCUT2D eigenvalue weighted by Gasteiger charge is -2.23. The average Bonchev–Trinajstić information content (AvgIpc) is 2.28. The maximum Gasteiger partial charge on any atom is 0.337 e. The molecule has 0 heterocycles. The molecule has 94 valence electrons. The molecule has 17 heavy (non-hydrogen) atoms. The number of likely N-dealkylation sites (N-methyl/N-ethyl adjacent to an activating group) is 1. The summed E-state index contributed by atoms with van der Waals surface area (Å²) in [5, 5.41) is 9.15. The lowest BCUT2D eigenvalue weighted by Crippen LogP contribution is -2.25. The largest absolute Gasteiger partial charge is 0.478 e. The van der Waals surface area contributed by atoms with Crippen LogP contribution in [-0.2, 0) is 4.74 Å². The highest BCUT2D eigenvalue weighted by Gasteiger charge is 2.15. The van der Waals surface area contributed by atoms with Crippen molar-refractivity contribution >= 4 is 11.7 Å². The molecule has 0 atom stereocenters. The number of aryl methyl sites for hydroxylation is 1. The van der Waals surface area contributed by atoms with Gasteiger partial charge in [0.25, 0.3) is 0 Å². The molecule has 1 N–H and O–H groups in total. The molecule has 0 fully saturated rings. The zero-order valence-corrected chi connectivity index (χ0v) is 10.6. The molecule has 4 heteroatoms. The van der Waals surface area contributed by atoms with E-state index in [1.807, 2.05) is 31.9 Å². The van der Waals surface area contributed by atoms with E-state index in [9.17, 15) is 4.79 Å². The summed E-state index contributed by atoms with van der Waals surface area (Å²) in [4.78, 5) is 13.1. The third kappa shape index (κ3) is 3.46. The first-order chi connectivity index (χ1) is 8.07. The third-order valence-corrected chi connectivity index (χ3v) is 2.63. The van der Waals surface area contributed by atoms with Gasteiger partial charge in [-0.25, -0.2) is 4.79 Å². The number of aromatic carboxylic acids is 1. The summed E-state index contributed by atoms with van der Waals surface area (Å²) in [7, 11) is 1.88. The molecule has 0 aliphatic heterocycles. The van der Waals surface area contributed by atoms with Gasteiger partial charge >= 0.3 is 5.97 Å². The molecule has 4 nitrogen and oxygen atoms in total. The Bertz CT molecular complexity index is 390. The number of carbonyl (C=O) groups is 1. The van der Waals surface area contributed by atoms with Crippen LogP contribution in [0.1, 0.15) is 22.8 Å². The molecular formula is C13H19NO3. The zero-order valence-electron chi connectivity index (χ0n) is 10.6. The van der Waals surface area contributed by atoms with Crippen molar-refractivity contribution in [2.24, 2.45) is 0 Å². The van der Waals surface area contributed by atoms with Crippen LogP contribution < -0.4 is 4.90 Å². The van der Waals surface area contributed by atoms with Gasteiger partial charge in [0.2, 0.25) is 0 Å². The van der Waals surface area contributed by atoms with Crippen LogP contribution >= 0.6 is 0 Å². The fourth-order valence-corrected chi connectivity index (χ4v) is 1.80. The molecule has 1 rings (SSSR count). The third-order valence-electron chi connectivity index (χ3n) is 2.63. The minimum atomic E-state index is -0.896. The predicted octanol–water partition coefficient (Wildman–Crippen LogP) is 2.17. The Hall–Kier alpha value is -1.55. The fraction of sp³-hybridized carbons (Fsp3) is 0.462. The number of hydrogen-bond acceptors (Lipinski definition) is 3. The summed E-state index contributed by atoms with van der Waals surface area (Å²) >= 11 is 0. The van der Waals surface area contributed by atoms with Crippen molar-refractivity contribution in [3.63, 3.8) is 0 Å². The van der Waals surface area contributed by atoms with Crippen LogP contribution in [0.4, 0.5) is 5.69 Å². The number of carboxylic acids is 1. The van der Waals surface area contributed by atoms with Crippen LogP contribution in [0.15, 0.2) is 18.2 Å². The van der Waals surface area contributed by atoms with Crippen molar-refractivity contribution < 1.29 is 14.6 Å². The van der Waals surface area contributed by atoms with E-state index in [0.717, 1.165) is 11.3 Å². The maximum atomic E-state index is 11.2. The first-order valence-electron chi connectivity index (χ1n) is 5.69. The Kier molecular flexibility index (Phi) is 4.97. The van der Waals surface area contributed by atoms with Gasteiger partial charge in [0, 0.05) is 20.2 Å². The molecule has 0 amide bonds. The van der Waals surface area contributed by atoms with Gasteiger partial charge in [0.15, 0.2) is 0 Å². The van der Waals surface area contributed by atoms with Gasteiger partial charge < -0.3 is 14.7 Å². The van der Waals surface area contributed by atoms with Crippen LogP contribution in [-0.4, -0.2) is 37.9 Å². The molecular weight excluding hydrogens is 218 g/mol. The van der Waals surface area contributed by atoms with E-state index >= 15 is 0 Å². The summed E-state index contributed by atoms with van der Waals surface area (Å²) in [6, 6.07) is 5.31. The maximum absolute atomic E-state index is 11.2. The predicted molar refractivity (Wildman–Crippen MR) is 67.9 cm³/mol. The summed E-state index contributed by atoms with van der Waals surface area (Å²) in [6.45, 7) is 5.81. The number of rotatable bonds is 6. The van der Waals surface area contributed by atoms with E-state index in [2.05, 4.69) is 0 Å². The van der Waals surface area contributed by atoms with Crippen LogP contribution in [0.3, 0.4) is 0 Å². The Morgan fingerprint density at radius 3 is 2.76 bits per heavy atom. The summed E-state index contributed by atoms with van der Waals surface area (Å²) < 4.78 is 5.28. The molecule has 0 bridgehead atoms. The van der Waals surface area contributed by atoms with Crippen LogP contribution in [0.25, 0.3) is 0 Å².